The first-order valence-electron chi connectivity index (χ1n) is 3.86. The van der Waals surface area contributed by atoms with Gasteiger partial charge in [0.2, 0.25) is 0 Å². The molecule has 0 heterocycles. The van der Waals surface area contributed by atoms with Gasteiger partial charge in [0.25, 0.3) is 0 Å². The zero-order chi connectivity index (χ0) is 10.2. The molecule has 0 aromatic rings. The summed E-state index contributed by atoms with van der Waals surface area (Å²) in [6.07, 6.45) is -3.00. The smallest absolute Gasteiger partial charge is 0.336 e. The number of aliphatic hydroxyl groups excluding tert-OH is 2. The van der Waals surface area contributed by atoms with Crippen LogP contribution >= 0.6 is 0 Å². The van der Waals surface area contributed by atoms with Gasteiger partial charge < -0.3 is 20.4 Å². The molecule has 0 aromatic heterocycles. The molecular formula is C8H12O5. The lowest BCUT2D eigenvalue weighted by molar-refractivity contribution is -0.167. The maximum atomic E-state index is 10.6. The van der Waals surface area contributed by atoms with Crippen molar-refractivity contribution >= 4 is 5.97 Å². The first-order valence-corrected chi connectivity index (χ1v) is 3.86. The molecule has 1 saturated carbocycles. The van der Waals surface area contributed by atoms with Gasteiger partial charge in [-0.2, -0.15) is 0 Å². The van der Waals surface area contributed by atoms with Gasteiger partial charge in [-0.1, -0.05) is 6.58 Å². The fourth-order valence-corrected chi connectivity index (χ4v) is 1.44. The van der Waals surface area contributed by atoms with Crippen LogP contribution in [0, 0.1) is 0 Å². The number of aliphatic hydroxyl groups is 3. The Morgan fingerprint density at radius 2 is 2.08 bits per heavy atom. The summed E-state index contributed by atoms with van der Waals surface area (Å²) in [7, 11) is 0. The average molecular weight is 188 g/mol. The molecule has 0 bridgehead atoms. The van der Waals surface area contributed by atoms with Crippen LogP contribution in [0.2, 0.25) is 0 Å². The zero-order valence-electron chi connectivity index (χ0n) is 6.97. The van der Waals surface area contributed by atoms with Crippen LogP contribution in [0.15, 0.2) is 12.2 Å². The Morgan fingerprint density at radius 3 is 2.46 bits per heavy atom. The Kier molecular flexibility index (Phi) is 2.42. The average Bonchev–Trinajstić information content (AvgIpc) is 2.00. The number of hydrogen-bond acceptors (Lipinski definition) is 4. The molecule has 13 heavy (non-hydrogen) atoms. The minimum atomic E-state index is -1.99. The molecule has 1 aliphatic carbocycles. The highest BCUT2D eigenvalue weighted by molar-refractivity contribution is 5.78. The molecular weight excluding hydrogens is 176 g/mol. The molecule has 5 heteroatoms. The van der Waals surface area contributed by atoms with E-state index in [4.69, 9.17) is 5.11 Å². The van der Waals surface area contributed by atoms with Crippen molar-refractivity contribution in [2.45, 2.75) is 30.7 Å². The highest BCUT2D eigenvalue weighted by Gasteiger charge is 2.45. The Hall–Kier alpha value is -0.910. The van der Waals surface area contributed by atoms with E-state index in [0.717, 1.165) is 0 Å². The molecule has 0 saturated heterocycles. The molecule has 74 valence electrons. The molecule has 0 aliphatic heterocycles. The van der Waals surface area contributed by atoms with Gasteiger partial charge in [-0.05, 0) is 5.57 Å². The zero-order valence-corrected chi connectivity index (χ0v) is 6.97. The molecule has 1 fully saturated rings. The predicted molar refractivity (Wildman–Crippen MR) is 43.0 cm³/mol. The minimum absolute atomic E-state index is 0.142. The summed E-state index contributed by atoms with van der Waals surface area (Å²) < 4.78 is 0. The molecule has 4 N–H and O–H groups in total. The molecule has 0 amide bonds. The van der Waals surface area contributed by atoms with Crippen LogP contribution in [-0.4, -0.2) is 44.2 Å². The Bertz CT molecular complexity index is 249. The van der Waals surface area contributed by atoms with Gasteiger partial charge in [0.15, 0.2) is 5.60 Å². The standard InChI is InChI=1S/C8H12O5/c1-4-2-8(13,7(11)12)3-5(9)6(4)10/h5-6,9-10,13H,1-3H2,(H,11,12)/t5-,6-,8+/m1/s1. The number of carboxylic acids is 1. The van der Waals surface area contributed by atoms with Crippen LogP contribution in [0.3, 0.4) is 0 Å². The fourth-order valence-electron chi connectivity index (χ4n) is 1.44. The number of carbonyl (C=O) groups is 1. The van der Waals surface area contributed by atoms with E-state index in [1.807, 2.05) is 0 Å². The molecule has 0 spiro atoms. The van der Waals surface area contributed by atoms with Crippen LogP contribution < -0.4 is 0 Å². The maximum absolute atomic E-state index is 10.6. The van der Waals surface area contributed by atoms with Crippen molar-refractivity contribution in [1.82, 2.24) is 0 Å². The summed E-state index contributed by atoms with van der Waals surface area (Å²) in [5, 5.41) is 36.5. The molecule has 1 aliphatic rings. The van der Waals surface area contributed by atoms with Crippen LogP contribution in [0.4, 0.5) is 0 Å². The topological polar surface area (TPSA) is 98.0 Å². The summed E-state index contributed by atoms with van der Waals surface area (Å²) in [5.74, 6) is -1.40. The van der Waals surface area contributed by atoms with Gasteiger partial charge in [0.05, 0.1) is 6.10 Å². The van der Waals surface area contributed by atoms with E-state index in [0.29, 0.717) is 0 Å². The lowest BCUT2D eigenvalue weighted by atomic mass is 9.79. The van der Waals surface area contributed by atoms with E-state index in [9.17, 15) is 20.1 Å². The van der Waals surface area contributed by atoms with Gasteiger partial charge in [-0.3, -0.25) is 0 Å². The lowest BCUT2D eigenvalue weighted by Crippen LogP contribution is -2.50. The minimum Gasteiger partial charge on any atom is -0.479 e. The summed E-state index contributed by atoms with van der Waals surface area (Å²) in [6, 6.07) is 0. The van der Waals surface area contributed by atoms with Crippen LogP contribution in [0.1, 0.15) is 12.8 Å². The van der Waals surface area contributed by atoms with E-state index in [2.05, 4.69) is 6.58 Å². The third-order valence-corrected chi connectivity index (χ3v) is 2.25. The summed E-state index contributed by atoms with van der Waals surface area (Å²) in [5.41, 5.74) is -1.85. The van der Waals surface area contributed by atoms with Crippen molar-refractivity contribution in [3.05, 3.63) is 12.2 Å². The SMILES string of the molecule is C=C1C[C@@](O)(C(=O)O)C[C@@H](O)[C@@H]1O. The molecule has 0 radical (unpaired) electrons. The van der Waals surface area contributed by atoms with Crippen molar-refractivity contribution in [1.29, 1.82) is 0 Å². The second-order valence-electron chi connectivity index (χ2n) is 3.39. The fraction of sp³-hybridized carbons (Fsp3) is 0.625. The largest absolute Gasteiger partial charge is 0.479 e. The molecule has 1 rings (SSSR count). The van der Waals surface area contributed by atoms with E-state index in [1.165, 1.54) is 0 Å². The Labute approximate surface area is 74.9 Å². The summed E-state index contributed by atoms with van der Waals surface area (Å²) in [4.78, 5) is 10.6. The van der Waals surface area contributed by atoms with Gasteiger partial charge in [-0.15, -0.1) is 0 Å². The van der Waals surface area contributed by atoms with E-state index < -0.39 is 23.8 Å². The van der Waals surface area contributed by atoms with Crippen LogP contribution in [0.25, 0.3) is 0 Å². The Morgan fingerprint density at radius 1 is 1.54 bits per heavy atom. The normalized spacial score (nSPS) is 40.4. The van der Waals surface area contributed by atoms with Gasteiger partial charge in [-0.25, -0.2) is 4.79 Å². The second kappa shape index (κ2) is 3.10. The summed E-state index contributed by atoms with van der Waals surface area (Å²) >= 11 is 0. The first-order chi connectivity index (χ1) is 5.87. The highest BCUT2D eigenvalue weighted by atomic mass is 16.4. The Balaban J connectivity index is 2.85. The van der Waals surface area contributed by atoms with Crippen LogP contribution in [0.5, 0.6) is 0 Å². The maximum Gasteiger partial charge on any atom is 0.336 e. The lowest BCUT2D eigenvalue weighted by Gasteiger charge is -2.35. The second-order valence-corrected chi connectivity index (χ2v) is 3.39. The third kappa shape index (κ3) is 1.72. The van der Waals surface area contributed by atoms with Gasteiger partial charge >= 0.3 is 5.97 Å². The number of carboxylic acid groups (broad SMARTS) is 1. The number of rotatable bonds is 1. The van der Waals surface area contributed by atoms with Crippen molar-refractivity contribution < 1.29 is 25.2 Å². The predicted octanol–water partition coefficient (Wildman–Crippen LogP) is -1.13. The number of hydrogen-bond donors (Lipinski definition) is 4. The van der Waals surface area contributed by atoms with E-state index in [-0.39, 0.29) is 18.4 Å². The van der Waals surface area contributed by atoms with Crippen molar-refractivity contribution in [2.24, 2.45) is 0 Å². The van der Waals surface area contributed by atoms with E-state index >= 15 is 0 Å². The van der Waals surface area contributed by atoms with Crippen LogP contribution in [-0.2, 0) is 4.79 Å². The van der Waals surface area contributed by atoms with Crippen molar-refractivity contribution in [2.75, 3.05) is 0 Å². The quantitative estimate of drug-likeness (QED) is 0.390. The molecule has 0 unspecified atom stereocenters. The highest BCUT2D eigenvalue weighted by Crippen LogP contribution is 2.31. The third-order valence-electron chi connectivity index (χ3n) is 2.25. The van der Waals surface area contributed by atoms with Gasteiger partial charge in [0.1, 0.15) is 6.10 Å². The van der Waals surface area contributed by atoms with Crippen molar-refractivity contribution in [3.8, 4) is 0 Å². The molecule has 3 atom stereocenters. The van der Waals surface area contributed by atoms with Gasteiger partial charge in [0, 0.05) is 12.8 Å². The summed E-state index contributed by atoms with van der Waals surface area (Å²) in [6.45, 7) is 3.39. The molecule has 0 aromatic carbocycles. The molecule has 5 nitrogen and oxygen atoms in total. The first kappa shape index (κ1) is 10.2. The van der Waals surface area contributed by atoms with Crippen molar-refractivity contribution in [3.63, 3.8) is 0 Å². The number of aliphatic carboxylic acids is 1. The monoisotopic (exact) mass is 188 g/mol. The van der Waals surface area contributed by atoms with E-state index in [1.54, 1.807) is 0 Å².